The van der Waals surface area contributed by atoms with E-state index in [1.807, 2.05) is 30.5 Å². The van der Waals surface area contributed by atoms with Gasteiger partial charge in [0.25, 0.3) is 0 Å². The van der Waals surface area contributed by atoms with Crippen molar-refractivity contribution in [3.05, 3.63) is 60.4 Å². The summed E-state index contributed by atoms with van der Waals surface area (Å²) in [4.78, 5) is 18.5. The third-order valence-electron chi connectivity index (χ3n) is 5.10. The monoisotopic (exact) mass is 374 g/mol. The second-order valence-electron chi connectivity index (χ2n) is 6.88. The molecule has 3 aromatic rings. The summed E-state index contributed by atoms with van der Waals surface area (Å²) < 4.78 is 5.50. The zero-order valence-electron chi connectivity index (χ0n) is 15.6. The van der Waals surface area contributed by atoms with Crippen LogP contribution in [0.2, 0.25) is 0 Å². The number of ether oxygens (including phenoxy) is 1. The lowest BCUT2D eigenvalue weighted by molar-refractivity contribution is 0.122. The fraction of sp³-hybridized carbons (Fsp3) is 0.286. The minimum absolute atomic E-state index is 0.703. The average Bonchev–Trinajstić information content (AvgIpc) is 3.20. The van der Waals surface area contributed by atoms with Crippen LogP contribution >= 0.6 is 0 Å². The third-order valence-corrected chi connectivity index (χ3v) is 5.10. The highest BCUT2D eigenvalue weighted by Gasteiger charge is 2.28. The van der Waals surface area contributed by atoms with Crippen molar-refractivity contribution in [3.8, 4) is 0 Å². The molecule has 0 amide bonds. The molecule has 7 nitrogen and oxygen atoms in total. The van der Waals surface area contributed by atoms with Crippen LogP contribution < -0.4 is 15.1 Å². The molecule has 0 spiro atoms. The van der Waals surface area contributed by atoms with Gasteiger partial charge in [-0.2, -0.15) is 9.97 Å². The third kappa shape index (κ3) is 3.25. The molecule has 0 radical (unpaired) electrons. The highest BCUT2D eigenvalue weighted by atomic mass is 16.5. The van der Waals surface area contributed by atoms with Crippen LogP contribution in [0.1, 0.15) is 5.56 Å². The van der Waals surface area contributed by atoms with Crippen LogP contribution in [0.15, 0.2) is 54.9 Å². The lowest BCUT2D eigenvalue weighted by atomic mass is 10.2. The van der Waals surface area contributed by atoms with Gasteiger partial charge in [-0.3, -0.25) is 4.98 Å². The topological polar surface area (TPSA) is 66.4 Å². The fourth-order valence-corrected chi connectivity index (χ4v) is 3.67. The summed E-state index contributed by atoms with van der Waals surface area (Å²) in [5.41, 5.74) is 3.22. The molecule has 0 unspecified atom stereocenters. The van der Waals surface area contributed by atoms with Gasteiger partial charge in [0.2, 0.25) is 5.95 Å². The Labute approximate surface area is 164 Å². The zero-order valence-corrected chi connectivity index (χ0v) is 15.6. The van der Waals surface area contributed by atoms with Gasteiger partial charge in [0, 0.05) is 37.1 Å². The largest absolute Gasteiger partial charge is 0.378 e. The molecule has 1 N–H and O–H groups in total. The van der Waals surface area contributed by atoms with E-state index >= 15 is 0 Å². The number of nitrogens with one attached hydrogen (secondary N) is 1. The molecule has 7 heteroatoms. The average molecular weight is 374 g/mol. The quantitative estimate of drug-likeness (QED) is 0.752. The van der Waals surface area contributed by atoms with Gasteiger partial charge in [-0.1, -0.05) is 18.2 Å². The molecule has 0 atom stereocenters. The Morgan fingerprint density at radius 2 is 1.79 bits per heavy atom. The smallest absolute Gasteiger partial charge is 0.229 e. The molecule has 28 heavy (non-hydrogen) atoms. The molecule has 0 saturated carbocycles. The van der Waals surface area contributed by atoms with Crippen molar-refractivity contribution in [1.29, 1.82) is 0 Å². The van der Waals surface area contributed by atoms with Gasteiger partial charge >= 0.3 is 0 Å². The number of benzene rings is 1. The number of morpholine rings is 1. The van der Waals surface area contributed by atoms with E-state index < -0.39 is 0 Å². The van der Waals surface area contributed by atoms with Crippen LogP contribution in [0.3, 0.4) is 0 Å². The molecule has 1 fully saturated rings. The van der Waals surface area contributed by atoms with E-state index in [1.54, 1.807) is 6.20 Å². The molecule has 2 aromatic heterocycles. The first kappa shape index (κ1) is 16.9. The second kappa shape index (κ2) is 7.44. The van der Waals surface area contributed by atoms with Crippen LogP contribution in [0.5, 0.6) is 0 Å². The van der Waals surface area contributed by atoms with Crippen LogP contribution in [0, 0.1) is 0 Å². The first-order valence-electron chi connectivity index (χ1n) is 9.62. The molecular formula is C21H22N6O. The van der Waals surface area contributed by atoms with Gasteiger partial charge in [-0.15, -0.1) is 0 Å². The number of fused-ring (bicyclic) bond motifs is 1. The first-order valence-corrected chi connectivity index (χ1v) is 9.62. The summed E-state index contributed by atoms with van der Waals surface area (Å²) in [5.74, 6) is 2.59. The zero-order chi connectivity index (χ0) is 18.8. The number of nitrogens with zero attached hydrogens (tertiary/aromatic N) is 5. The van der Waals surface area contributed by atoms with Crippen LogP contribution in [0.4, 0.5) is 29.0 Å². The van der Waals surface area contributed by atoms with Crippen LogP contribution in [-0.2, 0) is 11.2 Å². The van der Waals surface area contributed by atoms with E-state index in [-0.39, 0.29) is 0 Å². The van der Waals surface area contributed by atoms with E-state index in [1.165, 1.54) is 0 Å². The van der Waals surface area contributed by atoms with Crippen molar-refractivity contribution in [2.24, 2.45) is 0 Å². The Hall–Kier alpha value is -3.19. The second-order valence-corrected chi connectivity index (χ2v) is 6.88. The van der Waals surface area contributed by atoms with Gasteiger partial charge in [0.05, 0.1) is 25.1 Å². The Bertz CT molecular complexity index is 944. The van der Waals surface area contributed by atoms with Gasteiger partial charge in [0.15, 0.2) is 0 Å². The number of pyridine rings is 1. The van der Waals surface area contributed by atoms with Gasteiger partial charge in [0.1, 0.15) is 11.6 Å². The van der Waals surface area contributed by atoms with E-state index in [9.17, 15) is 0 Å². The lowest BCUT2D eigenvalue weighted by Crippen LogP contribution is -2.37. The fourth-order valence-electron chi connectivity index (χ4n) is 3.67. The van der Waals surface area contributed by atoms with Crippen molar-refractivity contribution < 1.29 is 4.74 Å². The summed E-state index contributed by atoms with van der Waals surface area (Å²) >= 11 is 0. The molecule has 2 aliphatic heterocycles. The number of hydrogen-bond acceptors (Lipinski definition) is 7. The Morgan fingerprint density at radius 3 is 2.57 bits per heavy atom. The van der Waals surface area contributed by atoms with Crippen LogP contribution in [-0.4, -0.2) is 47.8 Å². The standard InChI is InChI=1S/C21H22N6O/c1-2-5-16(6-3-1)23-19-18-8-10-27(17-7-4-9-22-15-17)20(18)25-21(24-19)26-11-13-28-14-12-26/h1-7,9,15H,8,10-14H2,(H,23,24,25). The maximum atomic E-state index is 5.50. The van der Waals surface area contributed by atoms with Gasteiger partial charge in [-0.25, -0.2) is 0 Å². The predicted octanol–water partition coefficient (Wildman–Crippen LogP) is 3.15. The highest BCUT2D eigenvalue weighted by molar-refractivity contribution is 5.75. The molecule has 1 aromatic carbocycles. The summed E-state index contributed by atoms with van der Waals surface area (Å²) in [6.07, 6.45) is 4.57. The maximum Gasteiger partial charge on any atom is 0.229 e. The molecule has 5 rings (SSSR count). The molecule has 0 aliphatic carbocycles. The summed E-state index contributed by atoms with van der Waals surface area (Å²) in [7, 11) is 0. The Morgan fingerprint density at radius 1 is 0.929 bits per heavy atom. The molecule has 0 bridgehead atoms. The molecular weight excluding hydrogens is 352 g/mol. The minimum atomic E-state index is 0.703. The van der Waals surface area contributed by atoms with Crippen molar-refractivity contribution >= 4 is 29.0 Å². The number of rotatable bonds is 4. The highest BCUT2D eigenvalue weighted by Crippen LogP contribution is 2.38. The Balaban J connectivity index is 1.57. The van der Waals surface area contributed by atoms with E-state index in [4.69, 9.17) is 14.7 Å². The minimum Gasteiger partial charge on any atom is -0.378 e. The van der Waals surface area contributed by atoms with Crippen molar-refractivity contribution in [3.63, 3.8) is 0 Å². The summed E-state index contributed by atoms with van der Waals surface area (Å²) in [5, 5.41) is 3.50. The van der Waals surface area contributed by atoms with Crippen molar-refractivity contribution in [1.82, 2.24) is 15.0 Å². The van der Waals surface area contributed by atoms with E-state index in [0.717, 1.165) is 60.6 Å². The number of aromatic nitrogens is 3. The molecule has 142 valence electrons. The molecule has 2 aliphatic rings. The van der Waals surface area contributed by atoms with Crippen molar-refractivity contribution in [2.45, 2.75) is 6.42 Å². The number of anilines is 5. The molecule has 1 saturated heterocycles. The normalized spacial score (nSPS) is 16.1. The van der Waals surface area contributed by atoms with Crippen LogP contribution in [0.25, 0.3) is 0 Å². The van der Waals surface area contributed by atoms with E-state index in [0.29, 0.717) is 13.2 Å². The van der Waals surface area contributed by atoms with Crippen molar-refractivity contribution in [2.75, 3.05) is 48.0 Å². The number of hydrogen-bond donors (Lipinski definition) is 1. The predicted molar refractivity (Wildman–Crippen MR) is 110 cm³/mol. The van der Waals surface area contributed by atoms with Gasteiger partial charge in [-0.05, 0) is 30.7 Å². The SMILES string of the molecule is c1ccc(Nc2nc(N3CCOCC3)nc3c2CCN3c2cccnc2)cc1. The number of para-hydroxylation sites is 1. The van der Waals surface area contributed by atoms with Gasteiger partial charge < -0.3 is 19.9 Å². The maximum absolute atomic E-state index is 5.50. The summed E-state index contributed by atoms with van der Waals surface area (Å²) in [6.45, 7) is 3.88. The summed E-state index contributed by atoms with van der Waals surface area (Å²) in [6, 6.07) is 14.2. The molecule has 4 heterocycles. The first-order chi connectivity index (χ1) is 13.9. The van der Waals surface area contributed by atoms with E-state index in [2.05, 4.69) is 38.3 Å². The lowest BCUT2D eigenvalue weighted by Gasteiger charge is -2.28. The Kier molecular flexibility index (Phi) is 4.50.